The lowest BCUT2D eigenvalue weighted by Gasteiger charge is -2.17. The van der Waals surface area contributed by atoms with E-state index in [-0.39, 0.29) is 0 Å². The highest BCUT2D eigenvalue weighted by molar-refractivity contribution is 5.96. The summed E-state index contributed by atoms with van der Waals surface area (Å²) in [6.07, 6.45) is 7.44. The summed E-state index contributed by atoms with van der Waals surface area (Å²) in [6, 6.07) is 24.2. The monoisotopic (exact) mass is 364 g/mol. The molecule has 0 aliphatic rings. The summed E-state index contributed by atoms with van der Waals surface area (Å²) in [7, 11) is 0. The van der Waals surface area contributed by atoms with Crippen LogP contribution in [0.5, 0.6) is 0 Å². The summed E-state index contributed by atoms with van der Waals surface area (Å²) in [5.74, 6) is 0. The van der Waals surface area contributed by atoms with Crippen molar-refractivity contribution < 1.29 is 0 Å². The van der Waals surface area contributed by atoms with Crippen LogP contribution in [0.15, 0.2) is 110 Å². The highest BCUT2D eigenvalue weighted by Crippen LogP contribution is 2.37. The third-order valence-corrected chi connectivity index (χ3v) is 4.61. The molecule has 2 nitrogen and oxygen atoms in total. The molecule has 3 aromatic rings. The molecule has 0 spiro atoms. The molecule has 0 fully saturated rings. The van der Waals surface area contributed by atoms with E-state index in [1.165, 1.54) is 0 Å². The van der Waals surface area contributed by atoms with Gasteiger partial charge in [0, 0.05) is 11.1 Å². The van der Waals surface area contributed by atoms with Crippen molar-refractivity contribution in [3.8, 4) is 0 Å². The molecular formula is C26H24N2. The van der Waals surface area contributed by atoms with Crippen LogP contribution in [0.25, 0.3) is 11.1 Å². The number of benzene rings is 3. The second-order valence-electron chi connectivity index (χ2n) is 6.35. The minimum absolute atomic E-state index is 0.556. The van der Waals surface area contributed by atoms with E-state index >= 15 is 0 Å². The minimum Gasteiger partial charge on any atom is -0.397 e. The molecule has 3 rings (SSSR count). The number of rotatable bonds is 6. The van der Waals surface area contributed by atoms with E-state index in [0.29, 0.717) is 11.4 Å². The molecular weight excluding hydrogens is 340 g/mol. The summed E-state index contributed by atoms with van der Waals surface area (Å²) in [4.78, 5) is 0. The molecule has 0 aliphatic carbocycles. The Balaban J connectivity index is 2.15. The first-order valence-electron chi connectivity index (χ1n) is 9.12. The van der Waals surface area contributed by atoms with Crippen LogP contribution in [-0.2, 0) is 0 Å². The van der Waals surface area contributed by atoms with E-state index < -0.39 is 0 Å². The Labute approximate surface area is 166 Å². The van der Waals surface area contributed by atoms with Crippen molar-refractivity contribution in [3.63, 3.8) is 0 Å². The van der Waals surface area contributed by atoms with Crippen molar-refractivity contribution >= 4 is 22.5 Å². The fourth-order valence-corrected chi connectivity index (χ4v) is 3.26. The molecule has 0 heterocycles. The average Bonchev–Trinajstić information content (AvgIpc) is 2.74. The first-order valence-corrected chi connectivity index (χ1v) is 9.12. The SMILES string of the molecule is C=C/C=C(/c1ccccc1)c1ccc(/C(=C\C=C)c2ccccc2)c(N)c1N. The summed E-state index contributed by atoms with van der Waals surface area (Å²) < 4.78 is 0. The fourth-order valence-electron chi connectivity index (χ4n) is 3.26. The van der Waals surface area contributed by atoms with Gasteiger partial charge in [-0.2, -0.15) is 0 Å². The Morgan fingerprint density at radius 1 is 0.571 bits per heavy atom. The van der Waals surface area contributed by atoms with Crippen LogP contribution in [0.3, 0.4) is 0 Å². The van der Waals surface area contributed by atoms with Gasteiger partial charge in [-0.1, -0.05) is 110 Å². The summed E-state index contributed by atoms with van der Waals surface area (Å²) in [5.41, 5.74) is 20.0. The molecule has 0 amide bonds. The molecule has 0 saturated heterocycles. The highest BCUT2D eigenvalue weighted by Gasteiger charge is 2.15. The zero-order chi connectivity index (χ0) is 19.9. The van der Waals surface area contributed by atoms with Gasteiger partial charge in [0.2, 0.25) is 0 Å². The highest BCUT2D eigenvalue weighted by atomic mass is 14.7. The maximum atomic E-state index is 6.51. The normalized spacial score (nSPS) is 11.9. The van der Waals surface area contributed by atoms with Crippen LogP contribution in [-0.4, -0.2) is 0 Å². The summed E-state index contributed by atoms with van der Waals surface area (Å²) in [5, 5.41) is 0. The number of anilines is 2. The number of allylic oxidation sites excluding steroid dienone is 4. The summed E-state index contributed by atoms with van der Waals surface area (Å²) >= 11 is 0. The Morgan fingerprint density at radius 3 is 1.25 bits per heavy atom. The van der Waals surface area contributed by atoms with Crippen molar-refractivity contribution in [2.24, 2.45) is 0 Å². The molecule has 0 radical (unpaired) electrons. The van der Waals surface area contributed by atoms with E-state index in [0.717, 1.165) is 33.4 Å². The predicted octanol–water partition coefficient (Wildman–Crippen LogP) is 6.09. The second-order valence-corrected chi connectivity index (χ2v) is 6.35. The minimum atomic E-state index is 0.556. The molecule has 28 heavy (non-hydrogen) atoms. The van der Waals surface area contributed by atoms with Crippen molar-refractivity contribution in [1.29, 1.82) is 0 Å². The van der Waals surface area contributed by atoms with E-state index in [2.05, 4.69) is 13.2 Å². The van der Waals surface area contributed by atoms with Crippen LogP contribution in [0.2, 0.25) is 0 Å². The van der Waals surface area contributed by atoms with Gasteiger partial charge in [-0.25, -0.2) is 0 Å². The zero-order valence-corrected chi connectivity index (χ0v) is 15.8. The van der Waals surface area contributed by atoms with Crippen LogP contribution in [0, 0.1) is 0 Å². The van der Waals surface area contributed by atoms with E-state index in [4.69, 9.17) is 11.5 Å². The number of nitrogens with two attached hydrogens (primary N) is 2. The van der Waals surface area contributed by atoms with Crippen LogP contribution < -0.4 is 11.5 Å². The molecule has 0 atom stereocenters. The molecule has 0 aliphatic heterocycles. The van der Waals surface area contributed by atoms with Crippen LogP contribution >= 0.6 is 0 Å². The van der Waals surface area contributed by atoms with Gasteiger partial charge in [-0.05, 0) is 22.3 Å². The quantitative estimate of drug-likeness (QED) is 0.411. The maximum absolute atomic E-state index is 6.51. The van der Waals surface area contributed by atoms with Crippen molar-refractivity contribution in [2.45, 2.75) is 0 Å². The van der Waals surface area contributed by atoms with Gasteiger partial charge in [-0.15, -0.1) is 0 Å². The molecule has 2 heteroatoms. The van der Waals surface area contributed by atoms with Gasteiger partial charge >= 0.3 is 0 Å². The van der Waals surface area contributed by atoms with Gasteiger partial charge in [0.1, 0.15) is 0 Å². The molecule has 4 N–H and O–H groups in total. The number of nitrogen functional groups attached to an aromatic ring is 2. The van der Waals surface area contributed by atoms with Gasteiger partial charge in [-0.3, -0.25) is 0 Å². The third-order valence-electron chi connectivity index (χ3n) is 4.61. The molecule has 0 saturated carbocycles. The molecule has 0 unspecified atom stereocenters. The van der Waals surface area contributed by atoms with Gasteiger partial charge in [0.15, 0.2) is 0 Å². The third kappa shape index (κ3) is 3.81. The lowest BCUT2D eigenvalue weighted by atomic mass is 9.90. The van der Waals surface area contributed by atoms with Gasteiger partial charge in [0.25, 0.3) is 0 Å². The fraction of sp³-hybridized carbons (Fsp3) is 0. The van der Waals surface area contributed by atoms with E-state index in [1.807, 2.05) is 84.9 Å². The number of hydrogen-bond acceptors (Lipinski definition) is 2. The van der Waals surface area contributed by atoms with Gasteiger partial charge < -0.3 is 11.5 Å². The Kier molecular flexibility index (Phi) is 5.93. The lowest BCUT2D eigenvalue weighted by Crippen LogP contribution is -2.04. The summed E-state index contributed by atoms with van der Waals surface area (Å²) in [6.45, 7) is 7.69. The van der Waals surface area contributed by atoms with Crippen LogP contribution in [0.4, 0.5) is 11.4 Å². The average molecular weight is 364 g/mol. The number of hydrogen-bond donors (Lipinski definition) is 2. The zero-order valence-electron chi connectivity index (χ0n) is 15.8. The smallest absolute Gasteiger partial charge is 0.0634 e. The lowest BCUT2D eigenvalue weighted by molar-refractivity contribution is 1.50. The van der Waals surface area contributed by atoms with E-state index in [9.17, 15) is 0 Å². The van der Waals surface area contributed by atoms with Crippen molar-refractivity contribution in [2.75, 3.05) is 11.5 Å². The largest absolute Gasteiger partial charge is 0.397 e. The maximum Gasteiger partial charge on any atom is 0.0634 e. The predicted molar refractivity (Wildman–Crippen MR) is 123 cm³/mol. The van der Waals surface area contributed by atoms with E-state index in [1.54, 1.807) is 12.2 Å². The molecule has 3 aromatic carbocycles. The standard InChI is InChI=1S/C26H24N2/c1-3-11-21(19-13-7-5-8-14-19)23-17-18-24(26(28)25(23)27)22(12-4-2)20-15-9-6-10-16-20/h3-18H,1-2,27-28H2/b21-11-,22-12-. The topological polar surface area (TPSA) is 52.0 Å². The molecule has 0 bridgehead atoms. The van der Waals surface area contributed by atoms with Gasteiger partial charge in [0.05, 0.1) is 11.4 Å². The first-order chi connectivity index (χ1) is 13.7. The first kappa shape index (κ1) is 19.0. The Hall–Kier alpha value is -3.78. The van der Waals surface area contributed by atoms with Crippen LogP contribution in [0.1, 0.15) is 22.3 Å². The molecule has 138 valence electrons. The van der Waals surface area contributed by atoms with Crippen molar-refractivity contribution in [1.82, 2.24) is 0 Å². The Morgan fingerprint density at radius 2 is 0.929 bits per heavy atom. The Bertz CT molecular complexity index is 956. The second kappa shape index (κ2) is 8.74. The molecule has 0 aromatic heterocycles. The van der Waals surface area contributed by atoms with Crippen molar-refractivity contribution in [3.05, 3.63) is 133 Å².